The summed E-state index contributed by atoms with van der Waals surface area (Å²) in [6.45, 7) is 5.11. The highest BCUT2D eigenvalue weighted by atomic mass is 16.2. The Morgan fingerprint density at radius 1 is 1.14 bits per heavy atom. The van der Waals surface area contributed by atoms with E-state index in [0.29, 0.717) is 36.3 Å². The molecule has 3 atom stereocenters. The lowest BCUT2D eigenvalue weighted by Crippen LogP contribution is -2.34. The molecule has 2 amide bonds. The van der Waals surface area contributed by atoms with Crippen LogP contribution in [-0.2, 0) is 11.3 Å². The predicted octanol–water partition coefficient (Wildman–Crippen LogP) is 1.62. The number of carbonyl (C=O) groups excluding carboxylic acids is 3. The molecule has 2 aliphatic rings. The van der Waals surface area contributed by atoms with E-state index in [1.807, 2.05) is 30.5 Å². The van der Waals surface area contributed by atoms with E-state index in [9.17, 15) is 19.2 Å². The van der Waals surface area contributed by atoms with Gasteiger partial charge in [-0.3, -0.25) is 19.2 Å². The van der Waals surface area contributed by atoms with Crippen LogP contribution in [0.4, 0.5) is 0 Å². The minimum Gasteiger partial charge on any atom is -0.361 e. The maximum Gasteiger partial charge on any atom is 0.263 e. The summed E-state index contributed by atoms with van der Waals surface area (Å²) in [5.41, 5.74) is 1.84. The summed E-state index contributed by atoms with van der Waals surface area (Å²) in [6, 6.07) is 9.22. The monoisotopic (exact) mass is 489 g/mol. The van der Waals surface area contributed by atoms with E-state index in [0.717, 1.165) is 36.1 Å². The number of nitrogens with one attached hydrogen (secondary N) is 3. The number of hydrogen-bond donors (Lipinski definition) is 3. The molecular weight excluding hydrogens is 458 g/mol. The third kappa shape index (κ3) is 4.70. The molecule has 3 aromatic rings. The number of aromatic amines is 1. The Labute approximate surface area is 208 Å². The molecule has 0 radical (unpaired) electrons. The van der Waals surface area contributed by atoms with Crippen LogP contribution in [0.2, 0.25) is 0 Å². The highest BCUT2D eigenvalue weighted by molar-refractivity contribution is 6.00. The van der Waals surface area contributed by atoms with E-state index >= 15 is 0 Å². The van der Waals surface area contributed by atoms with Gasteiger partial charge in [0.2, 0.25) is 5.91 Å². The zero-order valence-electron chi connectivity index (χ0n) is 20.5. The van der Waals surface area contributed by atoms with Gasteiger partial charge in [-0.1, -0.05) is 12.1 Å². The standard InChI is InChI=1S/C27H31N5O4/c1-16(33)29-8-9-31-14-22-20(23(22)15-31)11-25(34)18-10-21(26(35)28-2)27(36)32(13-18)12-17-4-3-5-24-19(17)6-7-30-24/h3-7,10,13,20,22-23,30H,8-9,11-12,14-15H2,1-2H3,(H,28,35)(H,29,33)/t20?,22-,23+. The minimum absolute atomic E-state index is 0.0231. The SMILES string of the molecule is CNC(=O)c1cc(C(=O)CC2[C@H]3CN(CCNC(C)=O)C[C@@H]23)cn(Cc2cccc3[nH]ccc23)c1=O. The predicted molar refractivity (Wildman–Crippen MR) is 136 cm³/mol. The Morgan fingerprint density at radius 2 is 1.92 bits per heavy atom. The van der Waals surface area contributed by atoms with E-state index in [-0.39, 0.29) is 23.8 Å². The number of hydrogen-bond acceptors (Lipinski definition) is 5. The lowest BCUT2D eigenvalue weighted by Gasteiger charge is -2.19. The van der Waals surface area contributed by atoms with Crippen molar-refractivity contribution < 1.29 is 14.4 Å². The van der Waals surface area contributed by atoms with Crippen LogP contribution in [0.5, 0.6) is 0 Å². The number of piperidine rings is 1. The molecule has 3 heterocycles. The average molecular weight is 490 g/mol. The Kier molecular flexibility index (Phi) is 6.49. The zero-order chi connectivity index (χ0) is 25.4. The van der Waals surface area contributed by atoms with Gasteiger partial charge < -0.3 is 25.1 Å². The van der Waals surface area contributed by atoms with Crippen LogP contribution in [-0.4, -0.2) is 65.3 Å². The molecule has 188 valence electrons. The number of benzene rings is 1. The molecule has 9 heteroatoms. The fourth-order valence-corrected chi connectivity index (χ4v) is 5.62. The maximum atomic E-state index is 13.3. The van der Waals surface area contributed by atoms with Crippen molar-refractivity contribution in [1.29, 1.82) is 0 Å². The van der Waals surface area contributed by atoms with Gasteiger partial charge in [0.05, 0.1) is 6.54 Å². The normalized spacial score (nSPS) is 20.8. The first-order valence-corrected chi connectivity index (χ1v) is 12.4. The third-order valence-electron chi connectivity index (χ3n) is 7.58. The molecule has 9 nitrogen and oxygen atoms in total. The number of ketones is 1. The number of pyridine rings is 1. The number of Topliss-reactive ketones (excluding diaryl/α,β-unsaturated/α-hetero) is 1. The van der Waals surface area contributed by atoms with Crippen molar-refractivity contribution in [2.45, 2.75) is 19.9 Å². The van der Waals surface area contributed by atoms with Crippen molar-refractivity contribution in [2.75, 3.05) is 33.2 Å². The van der Waals surface area contributed by atoms with Crippen LogP contribution in [0.3, 0.4) is 0 Å². The Morgan fingerprint density at radius 3 is 2.64 bits per heavy atom. The molecule has 1 aliphatic carbocycles. The number of fused-ring (bicyclic) bond motifs is 2. The Bertz CT molecular complexity index is 1380. The first kappa shape index (κ1) is 24.0. The molecule has 2 fully saturated rings. The summed E-state index contributed by atoms with van der Waals surface area (Å²) in [5.74, 6) is 0.736. The van der Waals surface area contributed by atoms with Crippen LogP contribution in [0.1, 0.15) is 39.6 Å². The van der Waals surface area contributed by atoms with Gasteiger partial charge in [0, 0.05) is 75.4 Å². The van der Waals surface area contributed by atoms with E-state index in [1.165, 1.54) is 24.6 Å². The van der Waals surface area contributed by atoms with Gasteiger partial charge in [0.25, 0.3) is 11.5 Å². The van der Waals surface area contributed by atoms with E-state index in [1.54, 1.807) is 6.20 Å². The lowest BCUT2D eigenvalue weighted by molar-refractivity contribution is -0.119. The second-order valence-corrected chi connectivity index (χ2v) is 9.87. The van der Waals surface area contributed by atoms with Crippen LogP contribution < -0.4 is 16.2 Å². The zero-order valence-corrected chi connectivity index (χ0v) is 20.5. The second kappa shape index (κ2) is 9.73. The third-order valence-corrected chi connectivity index (χ3v) is 7.58. The van der Waals surface area contributed by atoms with Crippen molar-refractivity contribution in [3.63, 3.8) is 0 Å². The van der Waals surface area contributed by atoms with Crippen LogP contribution in [0.15, 0.2) is 47.5 Å². The van der Waals surface area contributed by atoms with Crippen LogP contribution >= 0.6 is 0 Å². The van der Waals surface area contributed by atoms with E-state index in [2.05, 4.69) is 20.5 Å². The highest BCUT2D eigenvalue weighted by Crippen LogP contribution is 2.53. The molecule has 1 aromatic carbocycles. The number of amides is 2. The highest BCUT2D eigenvalue weighted by Gasteiger charge is 2.55. The van der Waals surface area contributed by atoms with Crippen molar-refractivity contribution in [1.82, 2.24) is 25.1 Å². The molecule has 1 unspecified atom stereocenters. The number of rotatable bonds is 9. The number of carbonyl (C=O) groups is 3. The lowest BCUT2D eigenvalue weighted by atomic mass is 10.0. The van der Waals surface area contributed by atoms with Crippen LogP contribution in [0.25, 0.3) is 10.9 Å². The molecule has 0 bridgehead atoms. The minimum atomic E-state index is -0.499. The summed E-state index contributed by atoms with van der Waals surface area (Å²) in [6.07, 6.45) is 3.86. The molecule has 1 saturated heterocycles. The van der Waals surface area contributed by atoms with Gasteiger partial charge in [-0.05, 0) is 41.5 Å². The van der Waals surface area contributed by atoms with Crippen molar-refractivity contribution in [3.05, 3.63) is 69.8 Å². The topological polar surface area (TPSA) is 116 Å². The van der Waals surface area contributed by atoms with Crippen molar-refractivity contribution >= 4 is 28.5 Å². The largest absolute Gasteiger partial charge is 0.361 e. The fraction of sp³-hybridized carbons (Fsp3) is 0.407. The molecule has 2 aromatic heterocycles. The first-order valence-electron chi connectivity index (χ1n) is 12.4. The van der Waals surface area contributed by atoms with Crippen molar-refractivity contribution in [3.8, 4) is 0 Å². The average Bonchev–Trinajstić information content (AvgIpc) is 3.23. The van der Waals surface area contributed by atoms with Gasteiger partial charge >= 0.3 is 0 Å². The van der Waals surface area contributed by atoms with Gasteiger partial charge in [-0.2, -0.15) is 0 Å². The van der Waals surface area contributed by atoms with Crippen LogP contribution in [0, 0.1) is 17.8 Å². The molecule has 3 N–H and O–H groups in total. The molecule has 1 aliphatic heterocycles. The number of nitrogens with zero attached hydrogens (tertiary/aromatic N) is 2. The van der Waals surface area contributed by atoms with Gasteiger partial charge in [-0.15, -0.1) is 0 Å². The molecule has 5 rings (SSSR count). The van der Waals surface area contributed by atoms with E-state index < -0.39 is 11.5 Å². The fourth-order valence-electron chi connectivity index (χ4n) is 5.62. The summed E-state index contributed by atoms with van der Waals surface area (Å²) >= 11 is 0. The van der Waals surface area contributed by atoms with Crippen molar-refractivity contribution in [2.24, 2.45) is 17.8 Å². The Hall–Kier alpha value is -3.72. The van der Waals surface area contributed by atoms with Gasteiger partial charge in [-0.25, -0.2) is 0 Å². The molecule has 0 spiro atoms. The van der Waals surface area contributed by atoms with Gasteiger partial charge in [0.15, 0.2) is 5.78 Å². The first-order chi connectivity index (χ1) is 17.4. The van der Waals surface area contributed by atoms with Gasteiger partial charge in [0.1, 0.15) is 5.56 Å². The summed E-state index contributed by atoms with van der Waals surface area (Å²) in [7, 11) is 1.48. The quantitative estimate of drug-likeness (QED) is 0.395. The summed E-state index contributed by atoms with van der Waals surface area (Å²) in [4.78, 5) is 55.5. The summed E-state index contributed by atoms with van der Waals surface area (Å²) < 4.78 is 1.47. The second-order valence-electron chi connectivity index (χ2n) is 9.87. The van der Waals surface area contributed by atoms with E-state index in [4.69, 9.17) is 0 Å². The summed E-state index contributed by atoms with van der Waals surface area (Å²) in [5, 5.41) is 6.34. The number of H-pyrrole nitrogens is 1. The molecule has 36 heavy (non-hydrogen) atoms. The maximum absolute atomic E-state index is 13.3. The Balaban J connectivity index is 1.31. The molecular formula is C27H31N5O4. The number of aromatic nitrogens is 2. The molecule has 1 saturated carbocycles. The smallest absolute Gasteiger partial charge is 0.263 e. The number of likely N-dealkylation sites (tertiary alicyclic amines) is 1.